The van der Waals surface area contributed by atoms with Gasteiger partial charge in [-0.2, -0.15) is 0 Å². The van der Waals surface area contributed by atoms with Crippen molar-refractivity contribution < 1.29 is 0 Å². The van der Waals surface area contributed by atoms with Crippen LogP contribution >= 0.6 is 34.4 Å². The predicted molar refractivity (Wildman–Crippen MR) is 102 cm³/mol. The first-order valence-corrected chi connectivity index (χ1v) is 10.6. The minimum Gasteiger partial charge on any atom is -0.302 e. The highest BCUT2D eigenvalue weighted by Crippen LogP contribution is 2.41. The molecule has 0 bridgehead atoms. The van der Waals surface area contributed by atoms with Gasteiger partial charge in [0.05, 0.1) is 0 Å². The lowest BCUT2D eigenvalue weighted by Crippen LogP contribution is -2.03. The van der Waals surface area contributed by atoms with E-state index >= 15 is 0 Å². The molecule has 5 nitrogen and oxygen atoms in total. The fraction of sp³-hybridized carbons (Fsp3) is 0.294. The number of aryl methyl sites for hydroxylation is 1. The minimum absolute atomic E-state index is 0.536. The van der Waals surface area contributed by atoms with Crippen molar-refractivity contribution in [3.8, 4) is 0 Å². The number of hydrogen-bond donors (Lipinski definition) is 0. The summed E-state index contributed by atoms with van der Waals surface area (Å²) in [7, 11) is 0. The summed E-state index contributed by atoms with van der Waals surface area (Å²) in [6.45, 7) is 2.10. The van der Waals surface area contributed by atoms with Crippen molar-refractivity contribution >= 4 is 44.7 Å². The zero-order valence-electron chi connectivity index (χ0n) is 13.5. The van der Waals surface area contributed by atoms with Gasteiger partial charge in [0.25, 0.3) is 0 Å². The summed E-state index contributed by atoms with van der Waals surface area (Å²) in [5.41, 5.74) is 0. The van der Waals surface area contributed by atoms with Crippen LogP contribution in [0.2, 0.25) is 0 Å². The average molecular weight is 386 g/mol. The Morgan fingerprint density at radius 1 is 1.28 bits per heavy atom. The molecular weight excluding hydrogens is 370 g/mol. The molecule has 1 saturated carbocycles. The molecule has 0 aliphatic heterocycles. The third-order valence-corrected chi connectivity index (χ3v) is 6.98. The molecule has 0 saturated heterocycles. The maximum absolute atomic E-state index is 4.50. The van der Waals surface area contributed by atoms with Crippen molar-refractivity contribution in [3.05, 3.63) is 45.5 Å². The first-order chi connectivity index (χ1) is 12.3. The van der Waals surface area contributed by atoms with E-state index in [2.05, 4.69) is 55.2 Å². The Morgan fingerprint density at radius 2 is 2.20 bits per heavy atom. The molecule has 0 atom stereocenters. The SMILES string of the molecule is Cc1cc2c(Sc3nnc(Cc4cccs4)n3C3CC3)ncnc2s1. The number of thiophene rings is 2. The van der Waals surface area contributed by atoms with Gasteiger partial charge < -0.3 is 4.57 Å². The zero-order chi connectivity index (χ0) is 16.8. The van der Waals surface area contributed by atoms with E-state index in [1.54, 1.807) is 40.8 Å². The second-order valence-corrected chi connectivity index (χ2v) is 9.34. The molecule has 5 rings (SSSR count). The lowest BCUT2D eigenvalue weighted by atomic mass is 10.3. The van der Waals surface area contributed by atoms with Crippen LogP contribution in [0.3, 0.4) is 0 Å². The van der Waals surface area contributed by atoms with E-state index in [4.69, 9.17) is 0 Å². The highest BCUT2D eigenvalue weighted by Gasteiger charge is 2.30. The van der Waals surface area contributed by atoms with Crippen LogP contribution in [0.15, 0.2) is 40.1 Å². The molecule has 1 aliphatic carbocycles. The van der Waals surface area contributed by atoms with Crippen LogP contribution in [0.25, 0.3) is 10.2 Å². The van der Waals surface area contributed by atoms with E-state index in [0.717, 1.165) is 32.6 Å². The Kier molecular flexibility index (Phi) is 3.83. The van der Waals surface area contributed by atoms with Crippen molar-refractivity contribution in [2.75, 3.05) is 0 Å². The maximum Gasteiger partial charge on any atom is 0.197 e. The highest BCUT2D eigenvalue weighted by atomic mass is 32.2. The van der Waals surface area contributed by atoms with Crippen LogP contribution < -0.4 is 0 Å². The van der Waals surface area contributed by atoms with Crippen LogP contribution in [0.1, 0.15) is 34.5 Å². The van der Waals surface area contributed by atoms with E-state index in [1.165, 1.54) is 22.6 Å². The number of rotatable bonds is 5. The van der Waals surface area contributed by atoms with Crippen LogP contribution in [0.4, 0.5) is 0 Å². The van der Waals surface area contributed by atoms with Gasteiger partial charge in [0, 0.05) is 27.6 Å². The summed E-state index contributed by atoms with van der Waals surface area (Å²) in [4.78, 5) is 12.5. The van der Waals surface area contributed by atoms with Crippen molar-refractivity contribution in [2.24, 2.45) is 0 Å². The van der Waals surface area contributed by atoms with Gasteiger partial charge in [-0.05, 0) is 49.0 Å². The molecule has 1 aliphatic rings. The molecule has 0 spiro atoms. The summed E-state index contributed by atoms with van der Waals surface area (Å²) in [5, 5.41) is 14.1. The smallest absolute Gasteiger partial charge is 0.197 e. The number of aromatic nitrogens is 5. The molecule has 8 heteroatoms. The molecule has 0 amide bonds. The highest BCUT2D eigenvalue weighted by molar-refractivity contribution is 7.99. The normalized spacial score (nSPS) is 14.4. The van der Waals surface area contributed by atoms with Crippen LogP contribution in [0.5, 0.6) is 0 Å². The van der Waals surface area contributed by atoms with Gasteiger partial charge in [0.15, 0.2) is 5.16 Å². The molecule has 4 aromatic heterocycles. The first kappa shape index (κ1) is 15.5. The number of hydrogen-bond acceptors (Lipinski definition) is 7. The zero-order valence-corrected chi connectivity index (χ0v) is 16.0. The van der Waals surface area contributed by atoms with Gasteiger partial charge in [0.2, 0.25) is 0 Å². The lowest BCUT2D eigenvalue weighted by Gasteiger charge is -2.08. The van der Waals surface area contributed by atoms with E-state index in [1.807, 2.05) is 0 Å². The minimum atomic E-state index is 0.536. The van der Waals surface area contributed by atoms with E-state index < -0.39 is 0 Å². The number of nitrogens with zero attached hydrogens (tertiary/aromatic N) is 5. The van der Waals surface area contributed by atoms with Gasteiger partial charge in [-0.15, -0.1) is 32.9 Å². The van der Waals surface area contributed by atoms with E-state index in [0.29, 0.717) is 6.04 Å². The first-order valence-electron chi connectivity index (χ1n) is 8.13. The molecule has 4 aromatic rings. The van der Waals surface area contributed by atoms with Gasteiger partial charge in [-0.25, -0.2) is 9.97 Å². The molecule has 126 valence electrons. The standard InChI is InChI=1S/C17H15N5S3/c1-10-7-13-15(24-10)18-9-19-16(13)25-17-21-20-14(22(17)11-4-5-11)8-12-3-2-6-23-12/h2-3,6-7,9,11H,4-5,8H2,1H3. The Balaban J connectivity index is 1.52. The largest absolute Gasteiger partial charge is 0.302 e. The summed E-state index contributed by atoms with van der Waals surface area (Å²) < 4.78 is 2.32. The monoisotopic (exact) mass is 385 g/mol. The Bertz CT molecular complexity index is 1030. The maximum atomic E-state index is 4.50. The van der Waals surface area contributed by atoms with Gasteiger partial charge in [-0.3, -0.25) is 0 Å². The van der Waals surface area contributed by atoms with Crippen LogP contribution in [-0.4, -0.2) is 24.7 Å². The second-order valence-electron chi connectivity index (χ2n) is 6.11. The molecular formula is C17H15N5S3. The molecule has 0 aromatic carbocycles. The molecule has 4 heterocycles. The van der Waals surface area contributed by atoms with Gasteiger partial charge >= 0.3 is 0 Å². The van der Waals surface area contributed by atoms with Crippen LogP contribution in [-0.2, 0) is 6.42 Å². The third kappa shape index (κ3) is 2.98. The van der Waals surface area contributed by atoms with Crippen molar-refractivity contribution in [1.29, 1.82) is 0 Å². The van der Waals surface area contributed by atoms with Crippen molar-refractivity contribution in [2.45, 2.75) is 42.4 Å². The quantitative estimate of drug-likeness (QED) is 0.465. The van der Waals surface area contributed by atoms with Gasteiger partial charge in [0.1, 0.15) is 22.0 Å². The molecule has 0 radical (unpaired) electrons. The average Bonchev–Trinajstić information content (AvgIpc) is 3.00. The Hall–Kier alpha value is -1.77. The van der Waals surface area contributed by atoms with Crippen molar-refractivity contribution in [3.63, 3.8) is 0 Å². The lowest BCUT2D eigenvalue weighted by molar-refractivity contribution is 0.635. The topological polar surface area (TPSA) is 56.5 Å². The van der Waals surface area contributed by atoms with Crippen LogP contribution in [0, 0.1) is 6.92 Å². The molecule has 25 heavy (non-hydrogen) atoms. The number of fused-ring (bicyclic) bond motifs is 1. The Morgan fingerprint density at radius 3 is 3.00 bits per heavy atom. The summed E-state index contributed by atoms with van der Waals surface area (Å²) >= 11 is 5.08. The summed E-state index contributed by atoms with van der Waals surface area (Å²) in [5.74, 6) is 1.05. The van der Waals surface area contributed by atoms with E-state index in [9.17, 15) is 0 Å². The van der Waals surface area contributed by atoms with Gasteiger partial charge in [-0.1, -0.05) is 6.07 Å². The Labute approximate surface area is 157 Å². The van der Waals surface area contributed by atoms with Crippen molar-refractivity contribution in [1.82, 2.24) is 24.7 Å². The van der Waals surface area contributed by atoms with E-state index in [-0.39, 0.29) is 0 Å². The summed E-state index contributed by atoms with van der Waals surface area (Å²) in [6, 6.07) is 6.94. The molecule has 1 fully saturated rings. The second kappa shape index (κ2) is 6.19. The molecule has 0 unspecified atom stereocenters. The molecule has 0 N–H and O–H groups in total. The predicted octanol–water partition coefficient (Wildman–Crippen LogP) is 4.73. The fourth-order valence-corrected chi connectivity index (χ4v) is 5.47. The fourth-order valence-electron chi connectivity index (χ4n) is 2.89. The summed E-state index contributed by atoms with van der Waals surface area (Å²) in [6.07, 6.45) is 4.91. The third-order valence-electron chi connectivity index (χ3n) is 4.16.